The maximum Gasteiger partial charge on any atom is 0.247 e. The number of nitrogens with zero attached hydrogens (tertiary/aromatic N) is 3. The predicted molar refractivity (Wildman–Crippen MR) is 99.5 cm³/mol. The lowest BCUT2D eigenvalue weighted by molar-refractivity contribution is -0.138. The molecule has 138 valence electrons. The van der Waals surface area contributed by atoms with Crippen LogP contribution in [0.1, 0.15) is 57.3 Å². The standard InChI is InChI=1S/C20H24ClN3O2/c21-16-11-9-14(10-12-16)19-23-22-18(26-19)13-24(17-7-3-4-8-17)20(25)15-5-1-2-6-15/h9-12,15,17H,1-8,13H2. The molecule has 26 heavy (non-hydrogen) atoms. The molecule has 0 unspecified atom stereocenters. The fourth-order valence-corrected chi connectivity index (χ4v) is 4.31. The number of rotatable bonds is 5. The van der Waals surface area contributed by atoms with Gasteiger partial charge in [0, 0.05) is 22.5 Å². The van der Waals surface area contributed by atoms with E-state index in [1.54, 1.807) is 12.1 Å². The van der Waals surface area contributed by atoms with Crippen LogP contribution in [0.5, 0.6) is 0 Å². The lowest BCUT2D eigenvalue weighted by Gasteiger charge is -2.30. The van der Waals surface area contributed by atoms with Gasteiger partial charge in [0.25, 0.3) is 0 Å². The lowest BCUT2D eigenvalue weighted by atomic mass is 10.0. The van der Waals surface area contributed by atoms with Gasteiger partial charge in [-0.15, -0.1) is 10.2 Å². The van der Waals surface area contributed by atoms with E-state index in [0.29, 0.717) is 29.4 Å². The molecule has 4 rings (SSSR count). The molecule has 2 saturated carbocycles. The molecular formula is C20H24ClN3O2. The molecule has 6 heteroatoms. The Hall–Kier alpha value is -1.88. The third kappa shape index (κ3) is 3.78. The predicted octanol–water partition coefficient (Wildman–Crippen LogP) is 4.85. The van der Waals surface area contributed by atoms with Crippen molar-refractivity contribution in [1.82, 2.24) is 15.1 Å². The van der Waals surface area contributed by atoms with Crippen LogP contribution in [0, 0.1) is 5.92 Å². The van der Waals surface area contributed by atoms with E-state index < -0.39 is 0 Å². The second-order valence-electron chi connectivity index (χ2n) is 7.39. The fourth-order valence-electron chi connectivity index (χ4n) is 4.18. The second kappa shape index (κ2) is 7.78. The third-order valence-corrected chi connectivity index (χ3v) is 5.87. The second-order valence-corrected chi connectivity index (χ2v) is 7.83. The smallest absolute Gasteiger partial charge is 0.247 e. The van der Waals surface area contributed by atoms with Gasteiger partial charge in [0.1, 0.15) is 0 Å². The van der Waals surface area contributed by atoms with E-state index in [-0.39, 0.29) is 11.8 Å². The van der Waals surface area contributed by atoms with Gasteiger partial charge in [-0.25, -0.2) is 0 Å². The van der Waals surface area contributed by atoms with Gasteiger partial charge in [-0.1, -0.05) is 37.3 Å². The maximum atomic E-state index is 13.1. The van der Waals surface area contributed by atoms with Crippen molar-refractivity contribution in [2.75, 3.05) is 0 Å². The van der Waals surface area contributed by atoms with Crippen molar-refractivity contribution in [1.29, 1.82) is 0 Å². The molecule has 2 aromatic rings. The number of hydrogen-bond donors (Lipinski definition) is 0. The van der Waals surface area contributed by atoms with Crippen molar-refractivity contribution in [3.8, 4) is 11.5 Å². The highest BCUT2D eigenvalue weighted by Gasteiger charge is 2.33. The monoisotopic (exact) mass is 373 g/mol. The molecule has 0 atom stereocenters. The minimum absolute atomic E-state index is 0.175. The van der Waals surface area contributed by atoms with Gasteiger partial charge < -0.3 is 9.32 Å². The summed E-state index contributed by atoms with van der Waals surface area (Å²) in [5, 5.41) is 9.02. The van der Waals surface area contributed by atoms with Crippen LogP contribution in [-0.4, -0.2) is 27.0 Å². The summed E-state index contributed by atoms with van der Waals surface area (Å²) in [5.41, 5.74) is 0.836. The quantitative estimate of drug-likeness (QED) is 0.751. The summed E-state index contributed by atoms with van der Waals surface area (Å²) >= 11 is 5.93. The van der Waals surface area contributed by atoms with Crippen LogP contribution in [0.2, 0.25) is 5.02 Å². The van der Waals surface area contributed by atoms with Crippen LogP contribution in [-0.2, 0) is 11.3 Å². The number of benzene rings is 1. The highest BCUT2D eigenvalue weighted by Crippen LogP contribution is 2.32. The van der Waals surface area contributed by atoms with E-state index in [0.717, 1.165) is 44.1 Å². The van der Waals surface area contributed by atoms with Gasteiger partial charge in [-0.3, -0.25) is 4.79 Å². The summed E-state index contributed by atoms with van der Waals surface area (Å²) in [6.07, 6.45) is 8.90. The zero-order valence-corrected chi connectivity index (χ0v) is 15.6. The Morgan fingerprint density at radius 2 is 1.69 bits per heavy atom. The molecule has 1 heterocycles. The van der Waals surface area contributed by atoms with Gasteiger partial charge in [-0.05, 0) is 49.9 Å². The number of aromatic nitrogens is 2. The molecule has 0 aliphatic heterocycles. The zero-order valence-electron chi connectivity index (χ0n) is 14.9. The first-order valence-electron chi connectivity index (χ1n) is 9.59. The minimum atomic E-state index is 0.175. The maximum absolute atomic E-state index is 13.1. The van der Waals surface area contributed by atoms with Crippen LogP contribution in [0.15, 0.2) is 28.7 Å². The number of hydrogen-bond acceptors (Lipinski definition) is 4. The zero-order chi connectivity index (χ0) is 17.9. The molecule has 0 spiro atoms. The Kier molecular flexibility index (Phi) is 5.25. The summed E-state index contributed by atoms with van der Waals surface area (Å²) in [4.78, 5) is 15.1. The van der Waals surface area contributed by atoms with Crippen LogP contribution < -0.4 is 0 Å². The van der Waals surface area contributed by atoms with E-state index in [1.807, 2.05) is 17.0 Å². The molecule has 5 nitrogen and oxygen atoms in total. The van der Waals surface area contributed by atoms with E-state index in [9.17, 15) is 4.79 Å². The van der Waals surface area contributed by atoms with E-state index in [1.165, 1.54) is 12.8 Å². The van der Waals surface area contributed by atoms with Crippen LogP contribution >= 0.6 is 11.6 Å². The number of amides is 1. The van der Waals surface area contributed by atoms with Crippen molar-refractivity contribution in [2.24, 2.45) is 5.92 Å². The average molecular weight is 374 g/mol. The van der Waals surface area contributed by atoms with Gasteiger partial charge in [-0.2, -0.15) is 0 Å². The largest absolute Gasteiger partial charge is 0.419 e. The molecule has 0 N–H and O–H groups in total. The fraction of sp³-hybridized carbons (Fsp3) is 0.550. The first-order valence-corrected chi connectivity index (χ1v) is 9.97. The molecule has 0 bridgehead atoms. The van der Waals surface area contributed by atoms with Gasteiger partial charge in [0.2, 0.25) is 17.7 Å². The Morgan fingerprint density at radius 1 is 1.04 bits per heavy atom. The van der Waals surface area contributed by atoms with Crippen LogP contribution in [0.4, 0.5) is 0 Å². The van der Waals surface area contributed by atoms with E-state index >= 15 is 0 Å². The summed E-state index contributed by atoms with van der Waals surface area (Å²) in [7, 11) is 0. The highest BCUT2D eigenvalue weighted by atomic mass is 35.5. The van der Waals surface area contributed by atoms with Crippen molar-refractivity contribution in [3.63, 3.8) is 0 Å². The highest BCUT2D eigenvalue weighted by molar-refractivity contribution is 6.30. The molecule has 0 radical (unpaired) electrons. The van der Waals surface area contributed by atoms with Crippen molar-refractivity contribution in [3.05, 3.63) is 35.2 Å². The molecule has 1 amide bonds. The van der Waals surface area contributed by atoms with Crippen molar-refractivity contribution in [2.45, 2.75) is 64.0 Å². The Bertz CT molecular complexity index is 747. The van der Waals surface area contributed by atoms with Crippen LogP contribution in [0.3, 0.4) is 0 Å². The van der Waals surface area contributed by atoms with E-state index in [4.69, 9.17) is 16.0 Å². The molecule has 2 fully saturated rings. The SMILES string of the molecule is O=C(C1CCCC1)N(Cc1nnc(-c2ccc(Cl)cc2)o1)C1CCCC1. The lowest BCUT2D eigenvalue weighted by Crippen LogP contribution is -2.41. The first kappa shape index (κ1) is 17.5. The Morgan fingerprint density at radius 3 is 2.38 bits per heavy atom. The average Bonchev–Trinajstić information content (AvgIpc) is 3.42. The number of carbonyl (C=O) groups is 1. The summed E-state index contributed by atoms with van der Waals surface area (Å²) < 4.78 is 5.85. The summed E-state index contributed by atoms with van der Waals surface area (Å²) in [5.74, 6) is 1.43. The van der Waals surface area contributed by atoms with Gasteiger partial charge >= 0.3 is 0 Å². The Labute approximate surface area is 158 Å². The van der Waals surface area contributed by atoms with Crippen LogP contribution in [0.25, 0.3) is 11.5 Å². The molecule has 1 aromatic carbocycles. The molecule has 2 aliphatic carbocycles. The summed E-state index contributed by atoms with van der Waals surface area (Å²) in [6.45, 7) is 0.417. The molecular weight excluding hydrogens is 350 g/mol. The topological polar surface area (TPSA) is 59.2 Å². The minimum Gasteiger partial charge on any atom is -0.419 e. The molecule has 2 aliphatic rings. The number of carbonyl (C=O) groups excluding carboxylic acids is 1. The third-order valence-electron chi connectivity index (χ3n) is 5.62. The molecule has 0 saturated heterocycles. The van der Waals surface area contributed by atoms with E-state index in [2.05, 4.69) is 10.2 Å². The normalized spacial score (nSPS) is 18.5. The Balaban J connectivity index is 1.51. The van der Waals surface area contributed by atoms with Crippen molar-refractivity contribution >= 4 is 17.5 Å². The molecule has 1 aromatic heterocycles. The van der Waals surface area contributed by atoms with Gasteiger partial charge in [0.05, 0.1) is 6.54 Å². The van der Waals surface area contributed by atoms with Gasteiger partial charge in [0.15, 0.2) is 0 Å². The van der Waals surface area contributed by atoms with Crippen molar-refractivity contribution < 1.29 is 9.21 Å². The first-order chi connectivity index (χ1) is 12.7. The number of halogens is 1. The summed E-state index contributed by atoms with van der Waals surface area (Å²) in [6, 6.07) is 7.63.